The summed E-state index contributed by atoms with van der Waals surface area (Å²) in [5.41, 5.74) is 1.49. The fraction of sp³-hybridized carbons (Fsp3) is 0.238. The molecule has 1 N–H and O–H groups in total. The van der Waals surface area contributed by atoms with E-state index in [0.717, 1.165) is 5.56 Å². The standard InChI is InChI=1S/C21H19FN4O3/c22-16-8-6-14(7-9-16)12-19(27)26-11-10-23-21(28)17(26)13-18-24-20(25-29-18)15-4-2-1-3-5-15/h1-9,17H,10-13H2,(H,23,28). The number of nitrogens with zero attached hydrogens (tertiary/aromatic N) is 3. The average Bonchev–Trinajstić information content (AvgIpc) is 3.20. The summed E-state index contributed by atoms with van der Waals surface area (Å²) in [7, 11) is 0. The molecule has 1 atom stereocenters. The number of halogens is 1. The number of hydrogen-bond acceptors (Lipinski definition) is 5. The molecule has 2 heterocycles. The molecule has 29 heavy (non-hydrogen) atoms. The van der Waals surface area contributed by atoms with E-state index in [4.69, 9.17) is 4.52 Å². The predicted octanol–water partition coefficient (Wildman–Crippen LogP) is 1.99. The maximum atomic E-state index is 13.1. The number of nitrogens with one attached hydrogen (secondary N) is 1. The van der Waals surface area contributed by atoms with Gasteiger partial charge in [-0.3, -0.25) is 9.59 Å². The molecular formula is C21H19FN4O3. The average molecular weight is 394 g/mol. The molecule has 1 unspecified atom stereocenters. The van der Waals surface area contributed by atoms with Gasteiger partial charge >= 0.3 is 0 Å². The van der Waals surface area contributed by atoms with Gasteiger partial charge in [0.25, 0.3) is 0 Å². The molecule has 1 aliphatic heterocycles. The van der Waals surface area contributed by atoms with E-state index in [2.05, 4.69) is 15.5 Å². The van der Waals surface area contributed by atoms with Gasteiger partial charge in [0.1, 0.15) is 11.9 Å². The molecule has 148 valence electrons. The number of piperazine rings is 1. The zero-order chi connectivity index (χ0) is 20.2. The quantitative estimate of drug-likeness (QED) is 0.715. The van der Waals surface area contributed by atoms with Crippen LogP contribution in [0.4, 0.5) is 4.39 Å². The van der Waals surface area contributed by atoms with Crippen molar-refractivity contribution in [2.75, 3.05) is 13.1 Å². The molecule has 4 rings (SSSR count). The lowest BCUT2D eigenvalue weighted by molar-refractivity contribution is -0.142. The highest BCUT2D eigenvalue weighted by Gasteiger charge is 2.34. The van der Waals surface area contributed by atoms with Gasteiger partial charge in [-0.2, -0.15) is 4.98 Å². The van der Waals surface area contributed by atoms with Gasteiger partial charge in [-0.1, -0.05) is 47.6 Å². The molecule has 1 fully saturated rings. The Hall–Kier alpha value is -3.55. The van der Waals surface area contributed by atoms with E-state index < -0.39 is 6.04 Å². The molecule has 0 aliphatic carbocycles. The van der Waals surface area contributed by atoms with Crippen molar-refractivity contribution in [1.82, 2.24) is 20.4 Å². The molecule has 0 saturated carbocycles. The highest BCUT2D eigenvalue weighted by molar-refractivity contribution is 5.89. The Kier molecular flexibility index (Phi) is 5.33. The van der Waals surface area contributed by atoms with E-state index in [0.29, 0.717) is 24.5 Å². The first-order valence-corrected chi connectivity index (χ1v) is 9.30. The highest BCUT2D eigenvalue weighted by Crippen LogP contribution is 2.18. The molecule has 8 heteroatoms. The van der Waals surface area contributed by atoms with Crippen molar-refractivity contribution in [3.8, 4) is 11.4 Å². The fourth-order valence-corrected chi connectivity index (χ4v) is 3.30. The Balaban J connectivity index is 1.49. The molecule has 1 aliphatic rings. The largest absolute Gasteiger partial charge is 0.353 e. The van der Waals surface area contributed by atoms with Gasteiger partial charge in [-0.15, -0.1) is 0 Å². The van der Waals surface area contributed by atoms with Crippen molar-refractivity contribution < 1.29 is 18.5 Å². The predicted molar refractivity (Wildman–Crippen MR) is 102 cm³/mol. The Labute approximate surface area is 166 Å². The number of carbonyl (C=O) groups is 2. The number of amides is 2. The SMILES string of the molecule is O=C1NCCN(C(=O)Cc2ccc(F)cc2)C1Cc1nc(-c2ccccc2)no1. The molecule has 0 radical (unpaired) electrons. The third kappa shape index (κ3) is 4.31. The van der Waals surface area contributed by atoms with E-state index in [1.807, 2.05) is 30.3 Å². The van der Waals surface area contributed by atoms with Crippen LogP contribution < -0.4 is 5.32 Å². The van der Waals surface area contributed by atoms with Crippen molar-refractivity contribution in [1.29, 1.82) is 0 Å². The van der Waals surface area contributed by atoms with Gasteiger partial charge in [0.2, 0.25) is 23.5 Å². The Morgan fingerprint density at radius 2 is 1.93 bits per heavy atom. The van der Waals surface area contributed by atoms with Gasteiger partial charge in [-0.25, -0.2) is 4.39 Å². The van der Waals surface area contributed by atoms with Crippen LogP contribution in [0.3, 0.4) is 0 Å². The number of rotatable bonds is 5. The fourth-order valence-electron chi connectivity index (χ4n) is 3.30. The smallest absolute Gasteiger partial charge is 0.243 e. The molecule has 1 aromatic heterocycles. The number of benzene rings is 2. The van der Waals surface area contributed by atoms with Crippen LogP contribution in [0.15, 0.2) is 59.1 Å². The summed E-state index contributed by atoms with van der Waals surface area (Å²) >= 11 is 0. The van der Waals surface area contributed by atoms with Crippen molar-refractivity contribution >= 4 is 11.8 Å². The van der Waals surface area contributed by atoms with Gasteiger partial charge in [-0.05, 0) is 17.7 Å². The van der Waals surface area contributed by atoms with Crippen molar-refractivity contribution in [2.45, 2.75) is 18.9 Å². The first kappa shape index (κ1) is 18.8. The zero-order valence-electron chi connectivity index (χ0n) is 15.5. The van der Waals surface area contributed by atoms with E-state index in [-0.39, 0.29) is 36.4 Å². The summed E-state index contributed by atoms with van der Waals surface area (Å²) < 4.78 is 18.4. The molecule has 7 nitrogen and oxygen atoms in total. The summed E-state index contributed by atoms with van der Waals surface area (Å²) in [6.07, 6.45) is 0.212. The van der Waals surface area contributed by atoms with Crippen LogP contribution in [-0.4, -0.2) is 46.0 Å². The molecule has 2 aromatic carbocycles. The van der Waals surface area contributed by atoms with E-state index in [9.17, 15) is 14.0 Å². The van der Waals surface area contributed by atoms with Crippen LogP contribution >= 0.6 is 0 Å². The number of hydrogen-bond donors (Lipinski definition) is 1. The first-order valence-electron chi connectivity index (χ1n) is 9.30. The van der Waals surface area contributed by atoms with Gasteiger partial charge < -0.3 is 14.7 Å². The number of carbonyl (C=O) groups excluding carboxylic acids is 2. The van der Waals surface area contributed by atoms with Crippen molar-refractivity contribution in [3.63, 3.8) is 0 Å². The Morgan fingerprint density at radius 1 is 1.17 bits per heavy atom. The van der Waals surface area contributed by atoms with Crippen molar-refractivity contribution in [3.05, 3.63) is 71.9 Å². The van der Waals surface area contributed by atoms with E-state index in [1.54, 1.807) is 12.1 Å². The maximum Gasteiger partial charge on any atom is 0.243 e. The molecule has 0 bridgehead atoms. The van der Waals surface area contributed by atoms with Crippen LogP contribution in [0.5, 0.6) is 0 Å². The maximum absolute atomic E-state index is 13.1. The Morgan fingerprint density at radius 3 is 2.69 bits per heavy atom. The third-order valence-electron chi connectivity index (χ3n) is 4.79. The Bertz CT molecular complexity index is 1000. The molecule has 0 spiro atoms. The minimum absolute atomic E-state index is 0.0865. The minimum Gasteiger partial charge on any atom is -0.353 e. The highest BCUT2D eigenvalue weighted by atomic mass is 19.1. The second-order valence-electron chi connectivity index (χ2n) is 6.78. The van der Waals surface area contributed by atoms with Crippen LogP contribution in [0.25, 0.3) is 11.4 Å². The number of aromatic nitrogens is 2. The monoisotopic (exact) mass is 394 g/mol. The lowest BCUT2D eigenvalue weighted by Crippen LogP contribution is -2.58. The summed E-state index contributed by atoms with van der Waals surface area (Å²) in [5.74, 6) is -0.115. The topological polar surface area (TPSA) is 88.3 Å². The molecular weight excluding hydrogens is 375 g/mol. The lowest BCUT2D eigenvalue weighted by atomic mass is 10.1. The van der Waals surface area contributed by atoms with Crippen molar-refractivity contribution in [2.24, 2.45) is 0 Å². The second kappa shape index (κ2) is 8.22. The second-order valence-corrected chi connectivity index (χ2v) is 6.78. The normalized spacial score (nSPS) is 16.5. The molecule has 2 amide bonds. The first-order chi connectivity index (χ1) is 14.1. The molecule has 3 aromatic rings. The van der Waals surface area contributed by atoms with Gasteiger partial charge in [0.15, 0.2) is 0 Å². The van der Waals surface area contributed by atoms with Crippen LogP contribution in [0.2, 0.25) is 0 Å². The van der Waals surface area contributed by atoms with E-state index >= 15 is 0 Å². The van der Waals surface area contributed by atoms with Crippen LogP contribution in [-0.2, 0) is 22.4 Å². The lowest BCUT2D eigenvalue weighted by Gasteiger charge is -2.34. The summed E-state index contributed by atoms with van der Waals surface area (Å²) in [6, 6.07) is 14.4. The van der Waals surface area contributed by atoms with Gasteiger partial charge in [0, 0.05) is 18.7 Å². The van der Waals surface area contributed by atoms with Crippen LogP contribution in [0.1, 0.15) is 11.5 Å². The third-order valence-corrected chi connectivity index (χ3v) is 4.79. The zero-order valence-corrected chi connectivity index (χ0v) is 15.5. The molecule has 1 saturated heterocycles. The summed E-state index contributed by atoms with van der Waals surface area (Å²) in [4.78, 5) is 31.1. The summed E-state index contributed by atoms with van der Waals surface area (Å²) in [6.45, 7) is 0.764. The van der Waals surface area contributed by atoms with Gasteiger partial charge in [0.05, 0.1) is 12.8 Å². The minimum atomic E-state index is -0.735. The van der Waals surface area contributed by atoms with E-state index in [1.165, 1.54) is 17.0 Å². The summed E-state index contributed by atoms with van der Waals surface area (Å²) in [5, 5.41) is 6.74. The van der Waals surface area contributed by atoms with Crippen LogP contribution in [0, 0.1) is 5.82 Å².